The van der Waals surface area contributed by atoms with Crippen molar-refractivity contribution in [1.82, 2.24) is 4.57 Å². The van der Waals surface area contributed by atoms with Gasteiger partial charge in [-0.15, -0.1) is 11.3 Å². The minimum atomic E-state index is 0.791. The van der Waals surface area contributed by atoms with Crippen molar-refractivity contribution >= 4 is 59.0 Å². The zero-order chi connectivity index (χ0) is 21.9. The van der Waals surface area contributed by atoms with Gasteiger partial charge in [0.1, 0.15) is 0 Å². The number of nitrogens with two attached hydrogens (primary N) is 1. The molecule has 0 saturated carbocycles. The topological polar surface area (TPSA) is 30.9 Å². The summed E-state index contributed by atoms with van der Waals surface area (Å²) in [5, 5.41) is 5.08. The fourth-order valence-electron chi connectivity index (χ4n) is 5.16. The third kappa shape index (κ3) is 2.60. The summed E-state index contributed by atoms with van der Waals surface area (Å²) < 4.78 is 4.94. The molecule has 3 heteroatoms. The standard InChI is InChI=1S/C30H20N2S/c31-24-14-8-17-27(32-25-15-4-1-9-19(25)20-10-2-5-16-26(20)32)29(24)23-13-7-12-22-21-11-3-6-18-28(21)33-30(22)23/h1-18H,31H2. The average Bonchev–Trinajstić information content (AvgIpc) is 3.40. The van der Waals surface area contributed by atoms with Gasteiger partial charge in [-0.3, -0.25) is 0 Å². The Morgan fingerprint density at radius 1 is 0.545 bits per heavy atom. The van der Waals surface area contributed by atoms with E-state index in [9.17, 15) is 0 Å². The molecular formula is C30H20N2S. The quantitative estimate of drug-likeness (QED) is 0.269. The molecule has 0 fully saturated rings. The van der Waals surface area contributed by atoms with Gasteiger partial charge in [-0.05, 0) is 30.3 Å². The van der Waals surface area contributed by atoms with Crippen LogP contribution >= 0.6 is 11.3 Å². The van der Waals surface area contributed by atoms with Crippen LogP contribution in [0.5, 0.6) is 0 Å². The van der Waals surface area contributed by atoms with E-state index in [2.05, 4.69) is 108 Å². The molecule has 0 spiro atoms. The predicted octanol–water partition coefficient (Wildman–Crippen LogP) is 8.40. The van der Waals surface area contributed by atoms with Crippen molar-refractivity contribution in [1.29, 1.82) is 0 Å². The molecule has 2 aromatic heterocycles. The molecule has 2 nitrogen and oxygen atoms in total. The third-order valence-electron chi connectivity index (χ3n) is 6.57. The van der Waals surface area contributed by atoms with Gasteiger partial charge in [0.2, 0.25) is 0 Å². The predicted molar refractivity (Wildman–Crippen MR) is 144 cm³/mol. The van der Waals surface area contributed by atoms with Gasteiger partial charge in [0.25, 0.3) is 0 Å². The second-order valence-corrected chi connectivity index (χ2v) is 9.44. The number of hydrogen-bond acceptors (Lipinski definition) is 2. The van der Waals surface area contributed by atoms with Crippen molar-refractivity contribution in [3.8, 4) is 16.8 Å². The fraction of sp³-hybridized carbons (Fsp3) is 0. The van der Waals surface area contributed by atoms with Gasteiger partial charge in [0.05, 0.1) is 16.7 Å². The number of hydrogen-bond donors (Lipinski definition) is 1. The molecule has 5 aromatic carbocycles. The van der Waals surface area contributed by atoms with Gasteiger partial charge in [-0.2, -0.15) is 0 Å². The molecule has 0 amide bonds. The lowest BCUT2D eigenvalue weighted by molar-refractivity contribution is 1.18. The summed E-state index contributed by atoms with van der Waals surface area (Å²) in [6.45, 7) is 0. The first-order chi connectivity index (χ1) is 16.3. The normalized spacial score (nSPS) is 11.8. The highest BCUT2D eigenvalue weighted by molar-refractivity contribution is 7.26. The molecule has 0 atom stereocenters. The smallest absolute Gasteiger partial charge is 0.0561 e. The van der Waals surface area contributed by atoms with Crippen LogP contribution in [0.2, 0.25) is 0 Å². The zero-order valence-corrected chi connectivity index (χ0v) is 18.6. The monoisotopic (exact) mass is 440 g/mol. The minimum Gasteiger partial charge on any atom is -0.398 e. The van der Waals surface area contributed by atoms with Crippen LogP contribution in [-0.4, -0.2) is 4.57 Å². The number of para-hydroxylation sites is 2. The minimum absolute atomic E-state index is 0.791. The Kier molecular flexibility index (Phi) is 3.90. The molecule has 0 aliphatic rings. The molecule has 33 heavy (non-hydrogen) atoms. The van der Waals surface area contributed by atoms with Crippen LogP contribution in [0.4, 0.5) is 5.69 Å². The summed E-state index contributed by atoms with van der Waals surface area (Å²) in [5.41, 5.74) is 13.3. The summed E-state index contributed by atoms with van der Waals surface area (Å²) in [6, 6.07) is 38.7. The van der Waals surface area contributed by atoms with Crippen molar-refractivity contribution in [2.75, 3.05) is 5.73 Å². The van der Waals surface area contributed by atoms with Crippen molar-refractivity contribution < 1.29 is 0 Å². The lowest BCUT2D eigenvalue weighted by Crippen LogP contribution is -2.00. The van der Waals surface area contributed by atoms with E-state index in [4.69, 9.17) is 5.73 Å². The molecule has 2 heterocycles. The fourth-order valence-corrected chi connectivity index (χ4v) is 6.39. The van der Waals surface area contributed by atoms with E-state index in [1.807, 2.05) is 17.4 Å². The summed E-state index contributed by atoms with van der Waals surface area (Å²) in [4.78, 5) is 0. The molecule has 7 rings (SSSR count). The highest BCUT2D eigenvalue weighted by Crippen LogP contribution is 2.44. The van der Waals surface area contributed by atoms with E-state index < -0.39 is 0 Å². The molecule has 2 N–H and O–H groups in total. The number of aromatic nitrogens is 1. The summed E-state index contributed by atoms with van der Waals surface area (Å²) >= 11 is 1.84. The van der Waals surface area contributed by atoms with E-state index in [1.54, 1.807) is 0 Å². The van der Waals surface area contributed by atoms with Crippen molar-refractivity contribution in [3.05, 3.63) is 109 Å². The maximum atomic E-state index is 6.72. The molecule has 0 radical (unpaired) electrons. The zero-order valence-electron chi connectivity index (χ0n) is 17.8. The maximum Gasteiger partial charge on any atom is 0.0561 e. The Bertz CT molecular complexity index is 1780. The van der Waals surface area contributed by atoms with E-state index in [1.165, 1.54) is 47.5 Å². The first-order valence-corrected chi connectivity index (χ1v) is 11.9. The summed E-state index contributed by atoms with van der Waals surface area (Å²) in [7, 11) is 0. The van der Waals surface area contributed by atoms with E-state index in [0.29, 0.717) is 0 Å². The van der Waals surface area contributed by atoms with Crippen molar-refractivity contribution in [2.24, 2.45) is 0 Å². The highest BCUT2D eigenvalue weighted by Gasteiger charge is 2.19. The van der Waals surface area contributed by atoms with Crippen LogP contribution in [0.3, 0.4) is 0 Å². The first kappa shape index (κ1) is 18.5. The number of nitrogen functional groups attached to an aromatic ring is 1. The van der Waals surface area contributed by atoms with E-state index >= 15 is 0 Å². The van der Waals surface area contributed by atoms with Gasteiger partial charge in [-0.1, -0.05) is 78.9 Å². The molecule has 0 aliphatic heterocycles. The van der Waals surface area contributed by atoms with Gasteiger partial charge < -0.3 is 10.3 Å². The Morgan fingerprint density at radius 3 is 1.91 bits per heavy atom. The van der Waals surface area contributed by atoms with Gasteiger partial charge in [0.15, 0.2) is 0 Å². The van der Waals surface area contributed by atoms with Crippen LogP contribution in [0, 0.1) is 0 Å². The van der Waals surface area contributed by atoms with Gasteiger partial charge >= 0.3 is 0 Å². The second-order valence-electron chi connectivity index (χ2n) is 8.39. The van der Waals surface area contributed by atoms with Crippen molar-refractivity contribution in [2.45, 2.75) is 0 Å². The Hall–Kier alpha value is -4.08. The maximum absolute atomic E-state index is 6.72. The number of benzene rings is 5. The summed E-state index contributed by atoms with van der Waals surface area (Å²) in [5.74, 6) is 0. The average molecular weight is 441 g/mol. The molecule has 0 bridgehead atoms. The Labute approximate surface area is 195 Å². The number of rotatable bonds is 2. The lowest BCUT2D eigenvalue weighted by atomic mass is 9.99. The summed E-state index contributed by atoms with van der Waals surface area (Å²) in [6.07, 6.45) is 0. The van der Waals surface area contributed by atoms with E-state index in [-0.39, 0.29) is 0 Å². The Balaban J connectivity index is 1.63. The van der Waals surface area contributed by atoms with Crippen LogP contribution in [0.1, 0.15) is 0 Å². The SMILES string of the molecule is Nc1cccc(-n2c3ccccc3c3ccccc32)c1-c1cccc2c1sc1ccccc12. The largest absolute Gasteiger partial charge is 0.398 e. The lowest BCUT2D eigenvalue weighted by Gasteiger charge is -2.16. The molecule has 156 valence electrons. The van der Waals surface area contributed by atoms with Crippen molar-refractivity contribution in [3.63, 3.8) is 0 Å². The van der Waals surface area contributed by atoms with E-state index in [0.717, 1.165) is 16.9 Å². The number of thiophene rings is 1. The number of nitrogens with zero attached hydrogens (tertiary/aromatic N) is 1. The third-order valence-corrected chi connectivity index (χ3v) is 7.79. The van der Waals surface area contributed by atoms with Gasteiger partial charge in [0, 0.05) is 47.8 Å². The van der Waals surface area contributed by atoms with Crippen LogP contribution < -0.4 is 5.73 Å². The molecule has 0 saturated heterocycles. The van der Waals surface area contributed by atoms with Gasteiger partial charge in [-0.25, -0.2) is 0 Å². The van der Waals surface area contributed by atoms with Crippen LogP contribution in [0.15, 0.2) is 109 Å². The highest BCUT2D eigenvalue weighted by atomic mass is 32.1. The molecular weight excluding hydrogens is 420 g/mol. The first-order valence-electron chi connectivity index (χ1n) is 11.1. The number of fused-ring (bicyclic) bond motifs is 6. The molecule has 7 aromatic rings. The molecule has 0 aliphatic carbocycles. The second kappa shape index (κ2) is 6.96. The number of anilines is 1. The molecule has 0 unspecified atom stereocenters. The Morgan fingerprint density at radius 2 is 1.15 bits per heavy atom. The van der Waals surface area contributed by atoms with Crippen LogP contribution in [0.25, 0.3) is 58.8 Å². The van der Waals surface area contributed by atoms with Crippen LogP contribution in [-0.2, 0) is 0 Å².